The normalized spacial score (nSPS) is 19.3. The predicted molar refractivity (Wildman–Crippen MR) is 107 cm³/mol. The second kappa shape index (κ2) is 9.33. The molecule has 2 fully saturated rings. The molecule has 7 heteroatoms. The molecular weight excluding hydrogens is 344 g/mol. The van der Waals surface area contributed by atoms with E-state index in [0.29, 0.717) is 24.9 Å². The Morgan fingerprint density at radius 1 is 0.815 bits per heavy atom. The molecule has 0 aliphatic heterocycles. The summed E-state index contributed by atoms with van der Waals surface area (Å²) >= 11 is 0. The molecule has 1 aromatic rings. The molecule has 2 N–H and O–H groups in total. The van der Waals surface area contributed by atoms with Gasteiger partial charge in [-0.2, -0.15) is 0 Å². The Balaban J connectivity index is 1.80. The van der Waals surface area contributed by atoms with Crippen molar-refractivity contribution in [3.63, 3.8) is 0 Å². The van der Waals surface area contributed by atoms with Gasteiger partial charge in [0, 0.05) is 13.1 Å². The highest BCUT2D eigenvalue weighted by atomic mass is 16.3. The number of rotatable bonds is 7. The predicted octanol–water partition coefficient (Wildman–Crippen LogP) is 3.93. The molecule has 0 saturated heterocycles. The summed E-state index contributed by atoms with van der Waals surface area (Å²) in [6.45, 7) is 0.788. The molecule has 150 valence electrons. The van der Waals surface area contributed by atoms with Crippen molar-refractivity contribution in [3.8, 4) is 0 Å². The smallest absolute Gasteiger partial charge is 0.332 e. The molecule has 0 spiro atoms. The molecule has 0 radical (unpaired) electrons. The van der Waals surface area contributed by atoms with E-state index in [-0.39, 0.29) is 11.5 Å². The van der Waals surface area contributed by atoms with Crippen LogP contribution in [-0.2, 0) is 13.1 Å². The highest BCUT2D eigenvalue weighted by Gasteiger charge is 2.21. The molecule has 3 rings (SSSR count). The van der Waals surface area contributed by atoms with E-state index in [0.717, 1.165) is 25.7 Å². The fourth-order valence-electron chi connectivity index (χ4n) is 4.77. The van der Waals surface area contributed by atoms with Crippen LogP contribution in [0.1, 0.15) is 77.0 Å². The van der Waals surface area contributed by atoms with E-state index in [1.54, 1.807) is 0 Å². The average Bonchev–Trinajstić information content (AvgIpc) is 2.69. The van der Waals surface area contributed by atoms with Gasteiger partial charge in [0.2, 0.25) is 5.69 Å². The molecule has 0 atom stereocenters. The SMILES string of the molecule is Nc1c(N=O)c(=O)n(CCC2CCCCC2)c(=O)n1CCC1CCCCC1. The van der Waals surface area contributed by atoms with Gasteiger partial charge in [-0.05, 0) is 29.9 Å². The van der Waals surface area contributed by atoms with Crippen molar-refractivity contribution >= 4 is 11.5 Å². The van der Waals surface area contributed by atoms with Crippen LogP contribution in [0.3, 0.4) is 0 Å². The number of hydrogen-bond acceptors (Lipinski definition) is 5. The molecule has 0 amide bonds. The summed E-state index contributed by atoms with van der Waals surface area (Å²) in [6, 6.07) is 0. The minimum Gasteiger partial charge on any atom is -0.383 e. The van der Waals surface area contributed by atoms with Crippen LogP contribution in [0.25, 0.3) is 0 Å². The fourth-order valence-corrected chi connectivity index (χ4v) is 4.77. The highest BCUT2D eigenvalue weighted by Crippen LogP contribution is 2.28. The maximum Gasteiger partial charge on any atom is 0.332 e. The summed E-state index contributed by atoms with van der Waals surface area (Å²) in [4.78, 5) is 36.7. The summed E-state index contributed by atoms with van der Waals surface area (Å²) in [7, 11) is 0. The highest BCUT2D eigenvalue weighted by molar-refractivity contribution is 5.55. The van der Waals surface area contributed by atoms with Gasteiger partial charge in [0.25, 0.3) is 5.56 Å². The molecule has 2 aliphatic rings. The van der Waals surface area contributed by atoms with Gasteiger partial charge in [0.15, 0.2) is 0 Å². The summed E-state index contributed by atoms with van der Waals surface area (Å²) < 4.78 is 2.58. The lowest BCUT2D eigenvalue weighted by Gasteiger charge is -2.23. The first-order chi connectivity index (χ1) is 13.1. The summed E-state index contributed by atoms with van der Waals surface area (Å²) in [6.07, 6.45) is 13.7. The van der Waals surface area contributed by atoms with Crippen molar-refractivity contribution in [1.29, 1.82) is 0 Å². The molecule has 7 nitrogen and oxygen atoms in total. The van der Waals surface area contributed by atoms with Crippen molar-refractivity contribution < 1.29 is 0 Å². The molecular formula is C20H32N4O3. The van der Waals surface area contributed by atoms with Gasteiger partial charge in [-0.3, -0.25) is 13.9 Å². The maximum absolute atomic E-state index is 12.9. The van der Waals surface area contributed by atoms with Crippen LogP contribution >= 0.6 is 0 Å². The Hall–Kier alpha value is -1.92. The number of nitrogens with two attached hydrogens (primary N) is 1. The maximum atomic E-state index is 12.9. The third-order valence-electron chi connectivity index (χ3n) is 6.51. The first kappa shape index (κ1) is 19.8. The molecule has 1 aromatic heterocycles. The lowest BCUT2D eigenvalue weighted by atomic mass is 9.87. The molecule has 2 aliphatic carbocycles. The van der Waals surface area contributed by atoms with E-state index in [9.17, 15) is 14.5 Å². The van der Waals surface area contributed by atoms with Gasteiger partial charge in [-0.25, -0.2) is 4.79 Å². The van der Waals surface area contributed by atoms with Gasteiger partial charge in [0.1, 0.15) is 5.82 Å². The molecule has 0 unspecified atom stereocenters. The Morgan fingerprint density at radius 3 is 1.78 bits per heavy atom. The van der Waals surface area contributed by atoms with Crippen molar-refractivity contribution in [2.45, 2.75) is 90.1 Å². The van der Waals surface area contributed by atoms with E-state index in [1.807, 2.05) is 0 Å². The number of nitroso groups, excluding NO2 is 1. The van der Waals surface area contributed by atoms with E-state index >= 15 is 0 Å². The van der Waals surface area contributed by atoms with E-state index in [2.05, 4.69) is 5.18 Å². The standard InChI is InChI=1S/C20H32N4O3/c21-18-17(22-27)19(25)24(14-12-16-9-5-2-6-10-16)20(26)23(18)13-11-15-7-3-1-4-8-15/h15-16H,1-14,21H2. The Labute approximate surface area is 159 Å². The number of nitrogen functional groups attached to an aromatic ring is 1. The molecule has 0 aromatic carbocycles. The first-order valence-electron chi connectivity index (χ1n) is 10.6. The van der Waals surface area contributed by atoms with Crippen LogP contribution in [-0.4, -0.2) is 9.13 Å². The number of hydrogen-bond donors (Lipinski definition) is 1. The van der Waals surface area contributed by atoms with Crippen LogP contribution in [0.4, 0.5) is 11.5 Å². The van der Waals surface area contributed by atoms with Gasteiger partial charge in [-0.15, -0.1) is 4.91 Å². The van der Waals surface area contributed by atoms with Gasteiger partial charge in [-0.1, -0.05) is 64.2 Å². The lowest BCUT2D eigenvalue weighted by molar-refractivity contribution is 0.312. The second-order valence-corrected chi connectivity index (χ2v) is 8.30. The van der Waals surface area contributed by atoms with Gasteiger partial charge in [0.05, 0.1) is 0 Å². The molecule has 1 heterocycles. The Morgan fingerprint density at radius 2 is 1.30 bits per heavy atom. The van der Waals surface area contributed by atoms with E-state index < -0.39 is 11.2 Å². The van der Waals surface area contributed by atoms with Gasteiger partial charge >= 0.3 is 5.69 Å². The summed E-state index contributed by atoms with van der Waals surface area (Å²) in [5.41, 5.74) is 4.62. The number of anilines is 1. The van der Waals surface area contributed by atoms with Crippen LogP contribution < -0.4 is 17.0 Å². The molecule has 0 bridgehead atoms. The topological polar surface area (TPSA) is 99.4 Å². The lowest BCUT2D eigenvalue weighted by Crippen LogP contribution is -2.41. The zero-order valence-corrected chi connectivity index (χ0v) is 16.2. The Kier molecular flexibility index (Phi) is 6.85. The second-order valence-electron chi connectivity index (χ2n) is 8.30. The van der Waals surface area contributed by atoms with E-state index in [4.69, 9.17) is 5.73 Å². The molecule has 27 heavy (non-hydrogen) atoms. The summed E-state index contributed by atoms with van der Waals surface area (Å²) in [5, 5.41) is 2.85. The first-order valence-corrected chi connectivity index (χ1v) is 10.6. The van der Waals surface area contributed by atoms with E-state index in [1.165, 1.54) is 60.5 Å². The summed E-state index contributed by atoms with van der Waals surface area (Å²) in [5.74, 6) is 1.05. The fraction of sp³-hybridized carbons (Fsp3) is 0.800. The number of nitrogens with zero attached hydrogens (tertiary/aromatic N) is 3. The van der Waals surface area contributed by atoms with Crippen LogP contribution in [0.5, 0.6) is 0 Å². The monoisotopic (exact) mass is 376 g/mol. The third-order valence-corrected chi connectivity index (χ3v) is 6.51. The van der Waals surface area contributed by atoms with Crippen molar-refractivity contribution in [2.24, 2.45) is 17.0 Å². The third kappa shape index (κ3) is 4.68. The number of aromatic nitrogens is 2. The van der Waals surface area contributed by atoms with Crippen molar-refractivity contribution in [3.05, 3.63) is 25.7 Å². The van der Waals surface area contributed by atoms with Crippen LogP contribution in [0.15, 0.2) is 14.8 Å². The minimum atomic E-state index is -0.641. The average molecular weight is 377 g/mol. The zero-order valence-electron chi connectivity index (χ0n) is 16.2. The van der Waals surface area contributed by atoms with Crippen LogP contribution in [0.2, 0.25) is 0 Å². The Bertz CT molecular complexity index is 756. The molecule has 2 saturated carbocycles. The van der Waals surface area contributed by atoms with Crippen LogP contribution in [0, 0.1) is 16.7 Å². The minimum absolute atomic E-state index is 0.0790. The quantitative estimate of drug-likeness (QED) is 0.729. The van der Waals surface area contributed by atoms with Crippen molar-refractivity contribution in [1.82, 2.24) is 9.13 Å². The van der Waals surface area contributed by atoms with Gasteiger partial charge < -0.3 is 5.73 Å². The van der Waals surface area contributed by atoms with Crippen molar-refractivity contribution in [2.75, 3.05) is 5.73 Å². The largest absolute Gasteiger partial charge is 0.383 e. The zero-order chi connectivity index (χ0) is 19.2.